The first-order valence-corrected chi connectivity index (χ1v) is 4.67. The van der Waals surface area contributed by atoms with E-state index in [1.165, 1.54) is 7.11 Å². The quantitative estimate of drug-likeness (QED) is 0.775. The molecule has 0 radical (unpaired) electrons. The lowest BCUT2D eigenvalue weighted by Gasteiger charge is -2.12. The van der Waals surface area contributed by atoms with Crippen molar-refractivity contribution >= 4 is 11.7 Å². The Balaban J connectivity index is 2.54. The Morgan fingerprint density at radius 1 is 1.56 bits per heavy atom. The summed E-state index contributed by atoms with van der Waals surface area (Å²) in [6.45, 7) is 0.178. The minimum absolute atomic E-state index is 0.178. The molecule has 5 nitrogen and oxygen atoms in total. The van der Waals surface area contributed by atoms with Crippen molar-refractivity contribution in [2.24, 2.45) is 0 Å². The molecule has 0 bridgehead atoms. The molecule has 2 N–H and O–H groups in total. The molecular formula is C11H12N2O3. The van der Waals surface area contributed by atoms with Gasteiger partial charge in [-0.1, -0.05) is 0 Å². The Morgan fingerprint density at radius 3 is 2.62 bits per heavy atom. The number of nitriles is 1. The average molecular weight is 220 g/mol. The molecule has 0 saturated heterocycles. The van der Waals surface area contributed by atoms with E-state index in [4.69, 9.17) is 15.1 Å². The number of hydrogen-bond donors (Lipinski definition) is 2. The highest BCUT2D eigenvalue weighted by atomic mass is 16.5. The van der Waals surface area contributed by atoms with Gasteiger partial charge in [-0.15, -0.1) is 0 Å². The Labute approximate surface area is 93.3 Å². The number of anilines is 1. The van der Waals surface area contributed by atoms with Gasteiger partial charge in [0.05, 0.1) is 18.2 Å². The van der Waals surface area contributed by atoms with Crippen molar-refractivity contribution < 1.29 is 14.6 Å². The van der Waals surface area contributed by atoms with Crippen LogP contribution in [0.2, 0.25) is 0 Å². The number of nitrogens with zero attached hydrogens (tertiary/aromatic N) is 1. The van der Waals surface area contributed by atoms with Crippen molar-refractivity contribution in [1.29, 1.82) is 5.26 Å². The Bertz CT molecular complexity index is 395. The predicted octanol–water partition coefficient (Wildman–Crippen LogP) is 1.07. The molecule has 0 aliphatic heterocycles. The average Bonchev–Trinajstić information content (AvgIpc) is 2.30. The van der Waals surface area contributed by atoms with Crippen molar-refractivity contribution in [3.8, 4) is 6.07 Å². The summed E-state index contributed by atoms with van der Waals surface area (Å²) in [5.74, 6) is -1.01. The molecule has 1 atom stereocenters. The lowest BCUT2D eigenvalue weighted by Crippen LogP contribution is -2.30. The second-order valence-corrected chi connectivity index (χ2v) is 3.13. The van der Waals surface area contributed by atoms with E-state index in [0.29, 0.717) is 5.56 Å². The van der Waals surface area contributed by atoms with Crippen LogP contribution in [-0.2, 0) is 9.53 Å². The highest BCUT2D eigenvalue weighted by Gasteiger charge is 2.15. The van der Waals surface area contributed by atoms with E-state index in [0.717, 1.165) is 5.69 Å². The number of carboxylic acids is 1. The van der Waals surface area contributed by atoms with Gasteiger partial charge in [0.2, 0.25) is 0 Å². The fourth-order valence-electron chi connectivity index (χ4n) is 1.14. The minimum atomic E-state index is -1.01. The third kappa shape index (κ3) is 3.26. The summed E-state index contributed by atoms with van der Waals surface area (Å²) in [6.07, 6.45) is -0.879. The largest absolute Gasteiger partial charge is 0.479 e. The molecule has 0 amide bonds. The Hall–Kier alpha value is -2.06. The number of carbonyl (C=O) groups is 1. The number of carboxylic acid groups (broad SMARTS) is 1. The third-order valence-corrected chi connectivity index (χ3v) is 2.07. The summed E-state index contributed by atoms with van der Waals surface area (Å²) in [4.78, 5) is 10.6. The summed E-state index contributed by atoms with van der Waals surface area (Å²) in [5.41, 5.74) is 1.31. The highest BCUT2D eigenvalue weighted by molar-refractivity contribution is 5.73. The number of nitrogens with one attached hydrogen (secondary N) is 1. The number of hydrogen-bond acceptors (Lipinski definition) is 4. The minimum Gasteiger partial charge on any atom is -0.479 e. The lowest BCUT2D eigenvalue weighted by molar-refractivity contribution is -0.147. The molecule has 0 aliphatic carbocycles. The number of ether oxygens (including phenoxy) is 1. The van der Waals surface area contributed by atoms with Gasteiger partial charge >= 0.3 is 5.97 Å². The van der Waals surface area contributed by atoms with Gasteiger partial charge in [0.25, 0.3) is 0 Å². The zero-order chi connectivity index (χ0) is 12.0. The van der Waals surface area contributed by atoms with E-state index in [2.05, 4.69) is 5.32 Å². The number of rotatable bonds is 5. The second-order valence-electron chi connectivity index (χ2n) is 3.13. The molecule has 1 unspecified atom stereocenters. The van der Waals surface area contributed by atoms with Crippen molar-refractivity contribution in [3.05, 3.63) is 29.8 Å². The van der Waals surface area contributed by atoms with Crippen LogP contribution in [0.4, 0.5) is 5.69 Å². The normalized spacial score (nSPS) is 11.5. The van der Waals surface area contributed by atoms with Gasteiger partial charge in [0.1, 0.15) is 0 Å². The lowest BCUT2D eigenvalue weighted by atomic mass is 10.2. The molecule has 1 aromatic rings. The maximum Gasteiger partial charge on any atom is 0.334 e. The zero-order valence-corrected chi connectivity index (χ0v) is 8.80. The van der Waals surface area contributed by atoms with E-state index in [1.54, 1.807) is 24.3 Å². The molecule has 0 saturated carbocycles. The maximum absolute atomic E-state index is 10.6. The van der Waals surface area contributed by atoms with Crippen LogP contribution in [0.3, 0.4) is 0 Å². The monoisotopic (exact) mass is 220 g/mol. The molecule has 0 aromatic heterocycles. The van der Waals surface area contributed by atoms with E-state index in [-0.39, 0.29) is 6.54 Å². The fraction of sp³-hybridized carbons (Fsp3) is 0.273. The summed E-state index contributed by atoms with van der Waals surface area (Å²) >= 11 is 0. The Morgan fingerprint density at radius 2 is 2.19 bits per heavy atom. The van der Waals surface area contributed by atoms with Gasteiger partial charge < -0.3 is 15.2 Å². The van der Waals surface area contributed by atoms with Gasteiger partial charge in [-0.3, -0.25) is 0 Å². The van der Waals surface area contributed by atoms with E-state index in [1.807, 2.05) is 6.07 Å². The maximum atomic E-state index is 10.6. The molecule has 1 aromatic carbocycles. The van der Waals surface area contributed by atoms with Crippen LogP contribution in [0.25, 0.3) is 0 Å². The standard InChI is InChI=1S/C11H12N2O3/c1-16-10(11(14)15)7-13-9-4-2-8(6-12)3-5-9/h2-5,10,13H,7H2,1H3,(H,14,15). The molecule has 1 rings (SSSR count). The molecule has 5 heteroatoms. The van der Waals surface area contributed by atoms with E-state index >= 15 is 0 Å². The van der Waals surface area contributed by atoms with Crippen molar-refractivity contribution in [1.82, 2.24) is 0 Å². The Kier molecular flexibility index (Phi) is 4.30. The number of aliphatic carboxylic acids is 1. The summed E-state index contributed by atoms with van der Waals surface area (Å²) < 4.78 is 4.76. The fourth-order valence-corrected chi connectivity index (χ4v) is 1.14. The van der Waals surface area contributed by atoms with Crippen LogP contribution >= 0.6 is 0 Å². The molecule has 84 valence electrons. The first-order valence-electron chi connectivity index (χ1n) is 4.67. The summed E-state index contributed by atoms with van der Waals surface area (Å²) in [7, 11) is 1.35. The van der Waals surface area contributed by atoms with Crippen LogP contribution in [0.15, 0.2) is 24.3 Å². The third-order valence-electron chi connectivity index (χ3n) is 2.07. The SMILES string of the molecule is COC(CNc1ccc(C#N)cc1)C(=O)O. The van der Waals surface area contributed by atoms with E-state index in [9.17, 15) is 4.79 Å². The predicted molar refractivity (Wildman–Crippen MR) is 58.1 cm³/mol. The smallest absolute Gasteiger partial charge is 0.334 e. The zero-order valence-electron chi connectivity index (χ0n) is 8.80. The van der Waals surface area contributed by atoms with Crippen molar-refractivity contribution in [3.63, 3.8) is 0 Å². The number of benzene rings is 1. The summed E-state index contributed by atoms with van der Waals surface area (Å²) in [6, 6.07) is 8.75. The first kappa shape index (κ1) is 12.0. The molecule has 0 heterocycles. The first-order chi connectivity index (χ1) is 7.67. The van der Waals surface area contributed by atoms with Crippen LogP contribution in [-0.4, -0.2) is 30.8 Å². The highest BCUT2D eigenvalue weighted by Crippen LogP contribution is 2.08. The van der Waals surface area contributed by atoms with E-state index < -0.39 is 12.1 Å². The van der Waals surface area contributed by atoms with Gasteiger partial charge in [-0.2, -0.15) is 5.26 Å². The van der Waals surface area contributed by atoms with Crippen LogP contribution in [0, 0.1) is 11.3 Å². The van der Waals surface area contributed by atoms with Crippen LogP contribution in [0.5, 0.6) is 0 Å². The molecular weight excluding hydrogens is 208 g/mol. The molecule has 0 spiro atoms. The second kappa shape index (κ2) is 5.73. The van der Waals surface area contributed by atoms with Crippen molar-refractivity contribution in [2.45, 2.75) is 6.10 Å². The molecule has 0 aliphatic rings. The van der Waals surface area contributed by atoms with Gasteiger partial charge in [0.15, 0.2) is 6.10 Å². The molecule has 16 heavy (non-hydrogen) atoms. The summed E-state index contributed by atoms with van der Waals surface area (Å²) in [5, 5.41) is 20.2. The van der Waals surface area contributed by atoms with Crippen LogP contribution in [0.1, 0.15) is 5.56 Å². The van der Waals surface area contributed by atoms with Gasteiger partial charge in [-0.25, -0.2) is 4.79 Å². The van der Waals surface area contributed by atoms with Gasteiger partial charge in [0, 0.05) is 12.8 Å². The van der Waals surface area contributed by atoms with Crippen molar-refractivity contribution in [2.75, 3.05) is 19.0 Å². The number of methoxy groups -OCH3 is 1. The van der Waals surface area contributed by atoms with Gasteiger partial charge in [-0.05, 0) is 24.3 Å². The van der Waals surface area contributed by atoms with Crippen LogP contribution < -0.4 is 5.32 Å². The topological polar surface area (TPSA) is 82.3 Å². The molecule has 0 fully saturated rings.